The molecule has 0 saturated carbocycles. The van der Waals surface area contributed by atoms with Gasteiger partial charge >= 0.3 is 6.18 Å². The van der Waals surface area contributed by atoms with Crippen LogP contribution in [0.2, 0.25) is 0 Å². The third-order valence-corrected chi connectivity index (χ3v) is 5.88. The lowest BCUT2D eigenvalue weighted by Crippen LogP contribution is -2.13. The summed E-state index contributed by atoms with van der Waals surface area (Å²) in [7, 11) is -4.18. The number of halogens is 3. The molecule has 0 heterocycles. The number of nitriles is 1. The molecular weight excluding hydrogens is 385 g/mol. The van der Waals surface area contributed by atoms with E-state index in [2.05, 4.69) is 5.32 Å². The highest BCUT2D eigenvalue weighted by molar-refractivity contribution is 8.04. The van der Waals surface area contributed by atoms with Crippen molar-refractivity contribution >= 4 is 27.3 Å². The van der Waals surface area contributed by atoms with Crippen LogP contribution in [-0.2, 0) is 16.0 Å². The van der Waals surface area contributed by atoms with E-state index >= 15 is 0 Å². The number of benzene rings is 2. The highest BCUT2D eigenvalue weighted by Crippen LogP contribution is 2.37. The number of nitrogens with zero attached hydrogens (tertiary/aromatic N) is 1. The van der Waals surface area contributed by atoms with E-state index in [0.717, 1.165) is 17.8 Å². The summed E-state index contributed by atoms with van der Waals surface area (Å²) in [6, 6.07) is 13.5. The zero-order chi connectivity index (χ0) is 19.4. The minimum Gasteiger partial charge on any atom is -0.348 e. The van der Waals surface area contributed by atoms with E-state index in [1.165, 1.54) is 48.7 Å². The van der Waals surface area contributed by atoms with E-state index in [0.29, 0.717) is 0 Å². The third-order valence-electron chi connectivity index (χ3n) is 3.31. The SMILES string of the molecule is CS/C(Nc1ccccc1C(F)(F)F)=C(/C#N)S(=O)(=O)c1ccccc1. The molecule has 0 radical (unpaired) electrons. The highest BCUT2D eigenvalue weighted by Gasteiger charge is 2.34. The summed E-state index contributed by atoms with van der Waals surface area (Å²) in [6.45, 7) is 0. The van der Waals surface area contributed by atoms with Gasteiger partial charge in [-0.05, 0) is 30.5 Å². The largest absolute Gasteiger partial charge is 0.418 e. The van der Waals surface area contributed by atoms with Crippen LogP contribution in [0, 0.1) is 11.3 Å². The number of para-hydroxylation sites is 1. The minimum absolute atomic E-state index is 0.117. The van der Waals surface area contributed by atoms with E-state index in [-0.39, 0.29) is 15.6 Å². The second-order valence-electron chi connectivity index (χ2n) is 4.96. The van der Waals surface area contributed by atoms with Gasteiger partial charge < -0.3 is 5.32 Å². The predicted octanol–water partition coefficient (Wildman–Crippen LogP) is 4.65. The molecule has 0 amide bonds. The average molecular weight is 398 g/mol. The molecule has 0 fully saturated rings. The summed E-state index contributed by atoms with van der Waals surface area (Å²) in [5.74, 6) is 0. The second kappa shape index (κ2) is 7.85. The molecule has 0 aliphatic heterocycles. The predicted molar refractivity (Wildman–Crippen MR) is 94.8 cm³/mol. The Balaban J connectivity index is 2.58. The van der Waals surface area contributed by atoms with Crippen molar-refractivity contribution in [2.24, 2.45) is 0 Å². The molecule has 0 aliphatic rings. The molecule has 0 aliphatic carbocycles. The topological polar surface area (TPSA) is 70.0 Å². The summed E-state index contributed by atoms with van der Waals surface area (Å²) in [6.07, 6.45) is -3.16. The van der Waals surface area contributed by atoms with E-state index in [4.69, 9.17) is 0 Å². The summed E-state index contributed by atoms with van der Waals surface area (Å²) in [5, 5.41) is 11.6. The molecule has 136 valence electrons. The maximum absolute atomic E-state index is 13.1. The van der Waals surface area contributed by atoms with E-state index in [9.17, 15) is 26.9 Å². The van der Waals surface area contributed by atoms with Gasteiger partial charge in [0.05, 0.1) is 16.1 Å². The lowest BCUT2D eigenvalue weighted by molar-refractivity contribution is -0.136. The van der Waals surface area contributed by atoms with Gasteiger partial charge in [-0.2, -0.15) is 18.4 Å². The lowest BCUT2D eigenvalue weighted by Gasteiger charge is -2.16. The van der Waals surface area contributed by atoms with Crippen LogP contribution in [-0.4, -0.2) is 14.7 Å². The van der Waals surface area contributed by atoms with Gasteiger partial charge in [-0.15, -0.1) is 11.8 Å². The van der Waals surface area contributed by atoms with Crippen molar-refractivity contribution in [3.8, 4) is 6.07 Å². The molecule has 0 bridgehead atoms. The molecule has 0 unspecified atom stereocenters. The Bertz CT molecular complexity index is 963. The van der Waals surface area contributed by atoms with Gasteiger partial charge in [0.15, 0.2) is 4.91 Å². The number of nitrogens with one attached hydrogen (secondary N) is 1. The summed E-state index contributed by atoms with van der Waals surface area (Å²) in [5.41, 5.74) is -1.29. The van der Waals surface area contributed by atoms with Crippen molar-refractivity contribution in [2.75, 3.05) is 11.6 Å². The van der Waals surface area contributed by atoms with Crippen LogP contribution < -0.4 is 5.32 Å². The fourth-order valence-corrected chi connectivity index (χ4v) is 4.30. The highest BCUT2D eigenvalue weighted by atomic mass is 32.2. The van der Waals surface area contributed by atoms with Crippen LogP contribution in [0.15, 0.2) is 69.4 Å². The van der Waals surface area contributed by atoms with Gasteiger partial charge in [-0.25, -0.2) is 8.42 Å². The van der Waals surface area contributed by atoms with Gasteiger partial charge in [0.1, 0.15) is 11.1 Å². The summed E-state index contributed by atoms with van der Waals surface area (Å²) >= 11 is 0.838. The van der Waals surface area contributed by atoms with Gasteiger partial charge in [0, 0.05) is 0 Å². The van der Waals surface area contributed by atoms with Crippen molar-refractivity contribution in [2.45, 2.75) is 11.1 Å². The standard InChI is InChI=1S/C17H13F3N2O2S2/c1-25-16(22-14-10-6-5-9-13(14)17(18,19)20)15(11-21)26(23,24)12-7-3-2-4-8-12/h2-10,22H,1H3/b16-15-. The van der Waals surface area contributed by atoms with E-state index < -0.39 is 26.5 Å². The molecule has 1 N–H and O–H groups in total. The van der Waals surface area contributed by atoms with Gasteiger partial charge in [-0.3, -0.25) is 0 Å². The smallest absolute Gasteiger partial charge is 0.348 e. The molecule has 0 saturated heterocycles. The number of sulfone groups is 1. The molecule has 2 aromatic rings. The summed E-state index contributed by atoms with van der Waals surface area (Å²) in [4.78, 5) is -0.762. The second-order valence-corrected chi connectivity index (χ2v) is 7.66. The Morgan fingerprint density at radius 2 is 1.65 bits per heavy atom. The third kappa shape index (κ3) is 4.20. The monoisotopic (exact) mass is 398 g/mol. The number of anilines is 1. The van der Waals surface area contributed by atoms with Crippen molar-refractivity contribution in [3.05, 3.63) is 70.1 Å². The maximum Gasteiger partial charge on any atom is 0.418 e. The number of thioether (sulfide) groups is 1. The normalized spacial score (nSPS) is 12.9. The molecule has 2 rings (SSSR count). The van der Waals surface area contributed by atoms with Crippen LogP contribution in [0.5, 0.6) is 0 Å². The Labute approximate surface area is 153 Å². The Morgan fingerprint density at radius 3 is 2.19 bits per heavy atom. The lowest BCUT2D eigenvalue weighted by atomic mass is 10.1. The van der Waals surface area contributed by atoms with E-state index in [1.807, 2.05) is 0 Å². The van der Waals surface area contributed by atoms with E-state index in [1.54, 1.807) is 12.1 Å². The molecule has 2 aromatic carbocycles. The van der Waals surface area contributed by atoms with Crippen molar-refractivity contribution < 1.29 is 21.6 Å². The van der Waals surface area contributed by atoms with Gasteiger partial charge in [0.2, 0.25) is 9.84 Å². The van der Waals surface area contributed by atoms with Crippen molar-refractivity contribution in [1.29, 1.82) is 5.26 Å². The van der Waals surface area contributed by atoms with Crippen LogP contribution >= 0.6 is 11.8 Å². The first-order chi connectivity index (χ1) is 12.2. The van der Waals surface area contributed by atoms with Crippen LogP contribution in [0.25, 0.3) is 0 Å². The molecule has 0 atom stereocenters. The first-order valence-corrected chi connectivity index (χ1v) is 9.84. The van der Waals surface area contributed by atoms with Crippen molar-refractivity contribution in [1.82, 2.24) is 0 Å². The maximum atomic E-state index is 13.1. The number of hydrogen-bond acceptors (Lipinski definition) is 5. The number of allylic oxidation sites excluding steroid dienone is 1. The van der Waals surface area contributed by atoms with Crippen LogP contribution in [0.1, 0.15) is 5.56 Å². The van der Waals surface area contributed by atoms with Gasteiger partial charge in [0.25, 0.3) is 0 Å². The number of hydrogen-bond donors (Lipinski definition) is 1. The van der Waals surface area contributed by atoms with Crippen LogP contribution in [0.4, 0.5) is 18.9 Å². The molecule has 4 nitrogen and oxygen atoms in total. The Morgan fingerprint density at radius 1 is 1.08 bits per heavy atom. The molecular formula is C17H13F3N2O2S2. The average Bonchev–Trinajstić information content (AvgIpc) is 2.61. The quantitative estimate of drug-likeness (QED) is 0.743. The number of rotatable bonds is 5. The molecule has 0 spiro atoms. The number of alkyl halides is 3. The fraction of sp³-hybridized carbons (Fsp3) is 0.118. The van der Waals surface area contributed by atoms with Gasteiger partial charge in [-0.1, -0.05) is 30.3 Å². The molecule has 0 aromatic heterocycles. The Kier molecular flexibility index (Phi) is 6.00. The first-order valence-electron chi connectivity index (χ1n) is 7.13. The zero-order valence-electron chi connectivity index (χ0n) is 13.4. The fourth-order valence-electron chi connectivity index (χ4n) is 2.11. The summed E-state index contributed by atoms with van der Waals surface area (Å²) < 4.78 is 64.8. The molecule has 9 heteroatoms. The van der Waals surface area contributed by atoms with Crippen LogP contribution in [0.3, 0.4) is 0 Å². The zero-order valence-corrected chi connectivity index (χ0v) is 15.0. The Hall–Kier alpha value is -2.44. The van der Waals surface area contributed by atoms with Crippen molar-refractivity contribution in [3.63, 3.8) is 0 Å². The minimum atomic E-state index is -4.63. The first kappa shape index (κ1) is 19.9. The molecule has 26 heavy (non-hydrogen) atoms.